The van der Waals surface area contributed by atoms with Gasteiger partial charge < -0.3 is 4.74 Å². The summed E-state index contributed by atoms with van der Waals surface area (Å²) in [5.74, 6) is 3.60. The van der Waals surface area contributed by atoms with Crippen molar-refractivity contribution in [1.29, 1.82) is 0 Å². The molecule has 1 nitrogen and oxygen atoms in total. The van der Waals surface area contributed by atoms with E-state index >= 15 is 0 Å². The molecule has 0 aromatic heterocycles. The molecule has 2 heteroatoms. The molecule has 0 bridgehead atoms. The zero-order valence-electron chi connectivity index (χ0n) is 12.4. The molecule has 0 saturated heterocycles. The SMILES string of the molecule is CC1(C)Cc2cc(C(Cl)C3C4CCCCC43)ccc2O1. The minimum absolute atomic E-state index is 0.0592. The van der Waals surface area contributed by atoms with Gasteiger partial charge in [0.2, 0.25) is 0 Å². The largest absolute Gasteiger partial charge is 0.487 e. The molecular formula is C18H23ClO. The lowest BCUT2D eigenvalue weighted by Crippen LogP contribution is -2.24. The summed E-state index contributed by atoms with van der Waals surface area (Å²) in [6, 6.07) is 6.61. The molecule has 1 aromatic rings. The Balaban J connectivity index is 1.55. The van der Waals surface area contributed by atoms with Crippen LogP contribution < -0.4 is 4.74 Å². The number of rotatable bonds is 2. The molecule has 1 heterocycles. The van der Waals surface area contributed by atoms with Gasteiger partial charge in [0.25, 0.3) is 0 Å². The van der Waals surface area contributed by atoms with E-state index in [1.807, 2.05) is 0 Å². The average Bonchev–Trinajstić information content (AvgIpc) is 3.05. The molecule has 108 valence electrons. The number of halogens is 1. The minimum atomic E-state index is -0.0592. The van der Waals surface area contributed by atoms with Crippen molar-refractivity contribution >= 4 is 11.6 Å². The van der Waals surface area contributed by atoms with Crippen LogP contribution in [0.15, 0.2) is 18.2 Å². The second-order valence-electron chi connectivity index (χ2n) is 7.50. The van der Waals surface area contributed by atoms with Gasteiger partial charge in [0, 0.05) is 6.42 Å². The third-order valence-electron chi connectivity index (χ3n) is 5.47. The Kier molecular flexibility index (Phi) is 2.86. The molecule has 2 saturated carbocycles. The fourth-order valence-corrected chi connectivity index (χ4v) is 5.01. The first-order chi connectivity index (χ1) is 9.55. The van der Waals surface area contributed by atoms with Crippen molar-refractivity contribution in [3.63, 3.8) is 0 Å². The molecule has 3 unspecified atom stereocenters. The predicted octanol–water partition coefficient (Wildman–Crippen LogP) is 5.12. The van der Waals surface area contributed by atoms with E-state index in [0.29, 0.717) is 0 Å². The number of hydrogen-bond acceptors (Lipinski definition) is 1. The second kappa shape index (κ2) is 4.40. The Bertz CT molecular complexity index is 524. The van der Waals surface area contributed by atoms with Crippen molar-refractivity contribution in [2.75, 3.05) is 0 Å². The molecule has 4 rings (SSSR count). The Morgan fingerprint density at radius 1 is 1.20 bits per heavy atom. The summed E-state index contributed by atoms with van der Waals surface area (Å²) in [6.45, 7) is 4.31. The number of hydrogen-bond donors (Lipinski definition) is 0. The first-order valence-electron chi connectivity index (χ1n) is 8.01. The maximum absolute atomic E-state index is 6.81. The number of benzene rings is 1. The Morgan fingerprint density at radius 3 is 2.60 bits per heavy atom. The van der Waals surface area contributed by atoms with Crippen molar-refractivity contribution in [3.8, 4) is 5.75 Å². The van der Waals surface area contributed by atoms with Crippen LogP contribution >= 0.6 is 11.6 Å². The van der Waals surface area contributed by atoms with Gasteiger partial charge in [-0.1, -0.05) is 25.0 Å². The smallest absolute Gasteiger partial charge is 0.123 e. The van der Waals surface area contributed by atoms with Crippen LogP contribution in [0.3, 0.4) is 0 Å². The molecule has 0 amide bonds. The van der Waals surface area contributed by atoms with Crippen LogP contribution in [0.25, 0.3) is 0 Å². The lowest BCUT2D eigenvalue weighted by atomic mass is 9.98. The number of fused-ring (bicyclic) bond motifs is 2. The van der Waals surface area contributed by atoms with E-state index in [-0.39, 0.29) is 11.0 Å². The van der Waals surface area contributed by atoms with Gasteiger partial charge in [-0.05, 0) is 61.6 Å². The maximum atomic E-state index is 6.81. The molecule has 2 fully saturated rings. The molecule has 0 radical (unpaired) electrons. The van der Waals surface area contributed by atoms with Gasteiger partial charge in [-0.3, -0.25) is 0 Å². The maximum Gasteiger partial charge on any atom is 0.123 e. The van der Waals surface area contributed by atoms with E-state index in [1.54, 1.807) is 0 Å². The molecule has 2 aliphatic carbocycles. The summed E-state index contributed by atoms with van der Waals surface area (Å²) in [4.78, 5) is 0. The van der Waals surface area contributed by atoms with Crippen LogP contribution in [0.1, 0.15) is 56.0 Å². The molecular weight excluding hydrogens is 268 g/mol. The highest BCUT2D eigenvalue weighted by Gasteiger charge is 2.54. The monoisotopic (exact) mass is 290 g/mol. The molecule has 3 atom stereocenters. The molecule has 1 aromatic carbocycles. The highest BCUT2D eigenvalue weighted by atomic mass is 35.5. The standard InChI is InChI=1S/C18H23ClO/c1-18(2)10-12-9-11(7-8-15(12)20-18)17(19)16-13-5-3-4-6-14(13)16/h7-9,13-14,16-17H,3-6,10H2,1-2H3. The summed E-state index contributed by atoms with van der Waals surface area (Å²) in [5, 5.41) is 0.206. The molecule has 0 spiro atoms. The fraction of sp³-hybridized carbons (Fsp3) is 0.667. The lowest BCUT2D eigenvalue weighted by molar-refractivity contribution is 0.138. The predicted molar refractivity (Wildman–Crippen MR) is 82.4 cm³/mol. The summed E-state index contributed by atoms with van der Waals surface area (Å²) in [5.41, 5.74) is 2.59. The fourth-order valence-electron chi connectivity index (χ4n) is 4.51. The molecule has 3 aliphatic rings. The molecule has 20 heavy (non-hydrogen) atoms. The second-order valence-corrected chi connectivity index (χ2v) is 7.97. The number of ether oxygens (including phenoxy) is 1. The zero-order chi connectivity index (χ0) is 13.9. The molecule has 0 N–H and O–H groups in total. The van der Waals surface area contributed by atoms with Crippen LogP contribution in [0.4, 0.5) is 0 Å². The van der Waals surface area contributed by atoms with E-state index in [2.05, 4.69) is 32.0 Å². The van der Waals surface area contributed by atoms with E-state index in [9.17, 15) is 0 Å². The summed E-state index contributed by atoms with van der Waals surface area (Å²) in [7, 11) is 0. The summed E-state index contributed by atoms with van der Waals surface area (Å²) < 4.78 is 5.96. The first kappa shape index (κ1) is 13.0. The quantitative estimate of drug-likeness (QED) is 0.687. The van der Waals surface area contributed by atoms with E-state index < -0.39 is 0 Å². The van der Waals surface area contributed by atoms with Gasteiger partial charge in [0.05, 0.1) is 5.38 Å². The van der Waals surface area contributed by atoms with E-state index in [1.165, 1.54) is 36.8 Å². The summed E-state index contributed by atoms with van der Waals surface area (Å²) in [6.07, 6.45) is 6.62. The zero-order valence-corrected chi connectivity index (χ0v) is 13.1. The van der Waals surface area contributed by atoms with Crippen molar-refractivity contribution < 1.29 is 4.74 Å². The molecule has 1 aliphatic heterocycles. The third kappa shape index (κ3) is 2.06. The van der Waals surface area contributed by atoms with Gasteiger partial charge >= 0.3 is 0 Å². The number of alkyl halides is 1. The van der Waals surface area contributed by atoms with Crippen LogP contribution in [-0.2, 0) is 6.42 Å². The lowest BCUT2D eigenvalue weighted by Gasteiger charge is -2.16. The van der Waals surface area contributed by atoms with Crippen LogP contribution in [0, 0.1) is 17.8 Å². The van der Waals surface area contributed by atoms with Crippen molar-refractivity contribution in [2.45, 2.75) is 56.9 Å². The van der Waals surface area contributed by atoms with Crippen molar-refractivity contribution in [2.24, 2.45) is 17.8 Å². The minimum Gasteiger partial charge on any atom is -0.487 e. The Morgan fingerprint density at radius 2 is 1.90 bits per heavy atom. The topological polar surface area (TPSA) is 9.23 Å². The van der Waals surface area contributed by atoms with Crippen molar-refractivity contribution in [1.82, 2.24) is 0 Å². The normalized spacial score (nSPS) is 34.9. The van der Waals surface area contributed by atoms with Gasteiger partial charge in [0.1, 0.15) is 11.4 Å². The van der Waals surface area contributed by atoms with Gasteiger partial charge in [-0.25, -0.2) is 0 Å². The van der Waals surface area contributed by atoms with E-state index in [0.717, 1.165) is 29.9 Å². The van der Waals surface area contributed by atoms with E-state index in [4.69, 9.17) is 16.3 Å². The van der Waals surface area contributed by atoms with Crippen LogP contribution in [0.5, 0.6) is 5.75 Å². The third-order valence-corrected chi connectivity index (χ3v) is 6.01. The van der Waals surface area contributed by atoms with Gasteiger partial charge in [-0.15, -0.1) is 11.6 Å². The van der Waals surface area contributed by atoms with Crippen molar-refractivity contribution in [3.05, 3.63) is 29.3 Å². The Hall–Kier alpha value is -0.690. The van der Waals surface area contributed by atoms with Crippen LogP contribution in [-0.4, -0.2) is 5.60 Å². The van der Waals surface area contributed by atoms with Gasteiger partial charge in [-0.2, -0.15) is 0 Å². The first-order valence-corrected chi connectivity index (χ1v) is 8.45. The average molecular weight is 291 g/mol. The highest BCUT2D eigenvalue weighted by Crippen LogP contribution is 2.62. The Labute approximate surface area is 126 Å². The summed E-state index contributed by atoms with van der Waals surface area (Å²) >= 11 is 6.81. The van der Waals surface area contributed by atoms with Gasteiger partial charge in [0.15, 0.2) is 0 Å². The highest BCUT2D eigenvalue weighted by molar-refractivity contribution is 6.21. The van der Waals surface area contributed by atoms with Crippen LogP contribution in [0.2, 0.25) is 0 Å².